The van der Waals surface area contributed by atoms with Gasteiger partial charge in [-0.3, -0.25) is 4.90 Å². The maximum Gasteiger partial charge on any atom is 0.151 e. The van der Waals surface area contributed by atoms with Crippen LogP contribution in [0, 0.1) is 0 Å². The van der Waals surface area contributed by atoms with Crippen LogP contribution in [0.15, 0.2) is 12.1 Å². The molecule has 17 heavy (non-hydrogen) atoms. The number of anilines is 1. The average molecular weight is 255 g/mol. The minimum atomic E-state index is 0.443. The molecule has 0 saturated carbocycles. The van der Waals surface area contributed by atoms with Crippen LogP contribution in [0.1, 0.15) is 19.8 Å². The number of likely N-dealkylation sites (tertiary alicyclic amines) is 1. The van der Waals surface area contributed by atoms with Crippen molar-refractivity contribution in [2.45, 2.75) is 25.8 Å². The quantitative estimate of drug-likeness (QED) is 0.823. The van der Waals surface area contributed by atoms with Crippen molar-refractivity contribution in [3.05, 3.63) is 17.3 Å². The highest BCUT2D eigenvalue weighted by molar-refractivity contribution is 6.29. The highest BCUT2D eigenvalue weighted by Crippen LogP contribution is 2.19. The predicted octanol–water partition coefficient (Wildman–Crippen LogP) is 2.05. The zero-order valence-corrected chi connectivity index (χ0v) is 11.2. The Bertz CT molecular complexity index is 354. The molecule has 1 aliphatic heterocycles. The van der Waals surface area contributed by atoms with Gasteiger partial charge in [-0.15, -0.1) is 10.2 Å². The van der Waals surface area contributed by atoms with E-state index in [0.29, 0.717) is 11.2 Å². The standard InChI is InChI=1S/C12H19ClN4/c1-3-17-8-4-5-10(17)9-16(2)12-7-6-11(13)14-15-12/h6-7,10H,3-5,8-9H2,1-2H3. The van der Waals surface area contributed by atoms with Gasteiger partial charge in [-0.1, -0.05) is 18.5 Å². The van der Waals surface area contributed by atoms with Gasteiger partial charge in [-0.05, 0) is 38.1 Å². The molecule has 0 bridgehead atoms. The van der Waals surface area contributed by atoms with Crippen LogP contribution in [-0.2, 0) is 0 Å². The van der Waals surface area contributed by atoms with E-state index in [1.807, 2.05) is 6.07 Å². The van der Waals surface area contributed by atoms with Crippen LogP contribution in [0.2, 0.25) is 5.15 Å². The lowest BCUT2D eigenvalue weighted by atomic mass is 10.2. The molecule has 0 N–H and O–H groups in total. The number of hydrogen-bond donors (Lipinski definition) is 0. The van der Waals surface area contributed by atoms with Crippen LogP contribution >= 0.6 is 11.6 Å². The Morgan fingerprint density at radius 3 is 2.94 bits per heavy atom. The zero-order valence-electron chi connectivity index (χ0n) is 10.4. The molecule has 1 unspecified atom stereocenters. The van der Waals surface area contributed by atoms with Gasteiger partial charge in [0, 0.05) is 19.6 Å². The average Bonchev–Trinajstić information content (AvgIpc) is 2.77. The highest BCUT2D eigenvalue weighted by atomic mass is 35.5. The van der Waals surface area contributed by atoms with Gasteiger partial charge in [0.1, 0.15) is 0 Å². The summed E-state index contributed by atoms with van der Waals surface area (Å²) >= 11 is 5.73. The fourth-order valence-corrected chi connectivity index (χ4v) is 2.54. The monoisotopic (exact) mass is 254 g/mol. The van der Waals surface area contributed by atoms with E-state index in [2.05, 4.69) is 34.0 Å². The predicted molar refractivity (Wildman–Crippen MR) is 70.6 cm³/mol. The minimum Gasteiger partial charge on any atom is -0.357 e. The number of likely N-dealkylation sites (N-methyl/N-ethyl adjacent to an activating group) is 2. The summed E-state index contributed by atoms with van der Waals surface area (Å²) in [6.07, 6.45) is 2.58. The summed E-state index contributed by atoms with van der Waals surface area (Å²) in [4.78, 5) is 4.68. The molecular formula is C12H19ClN4. The summed E-state index contributed by atoms with van der Waals surface area (Å²) in [5.74, 6) is 0.886. The van der Waals surface area contributed by atoms with E-state index in [-0.39, 0.29) is 0 Å². The summed E-state index contributed by atoms with van der Waals surface area (Å²) < 4.78 is 0. The molecule has 2 heterocycles. The third-order valence-electron chi connectivity index (χ3n) is 3.40. The van der Waals surface area contributed by atoms with E-state index in [9.17, 15) is 0 Å². The molecule has 1 saturated heterocycles. The van der Waals surface area contributed by atoms with Gasteiger partial charge >= 0.3 is 0 Å². The van der Waals surface area contributed by atoms with Gasteiger partial charge in [-0.2, -0.15) is 0 Å². The highest BCUT2D eigenvalue weighted by Gasteiger charge is 2.24. The van der Waals surface area contributed by atoms with E-state index in [1.54, 1.807) is 6.07 Å². The number of halogens is 1. The van der Waals surface area contributed by atoms with Crippen molar-refractivity contribution in [2.75, 3.05) is 31.6 Å². The van der Waals surface area contributed by atoms with Gasteiger partial charge in [0.15, 0.2) is 11.0 Å². The molecular weight excluding hydrogens is 236 g/mol. The van der Waals surface area contributed by atoms with Crippen molar-refractivity contribution in [2.24, 2.45) is 0 Å². The normalized spacial score (nSPS) is 20.8. The molecule has 1 atom stereocenters. The Hall–Kier alpha value is -0.870. The number of rotatable bonds is 4. The fraction of sp³-hybridized carbons (Fsp3) is 0.667. The first kappa shape index (κ1) is 12.6. The Morgan fingerprint density at radius 2 is 2.29 bits per heavy atom. The van der Waals surface area contributed by atoms with Crippen LogP contribution in [-0.4, -0.2) is 47.8 Å². The van der Waals surface area contributed by atoms with Gasteiger partial charge in [0.25, 0.3) is 0 Å². The Labute approximate surface area is 108 Å². The second kappa shape index (κ2) is 5.65. The van der Waals surface area contributed by atoms with Gasteiger partial charge in [-0.25, -0.2) is 0 Å². The molecule has 1 aromatic rings. The van der Waals surface area contributed by atoms with E-state index in [0.717, 1.165) is 18.9 Å². The van der Waals surface area contributed by atoms with Crippen molar-refractivity contribution in [3.8, 4) is 0 Å². The SMILES string of the molecule is CCN1CCCC1CN(C)c1ccc(Cl)nn1. The fourth-order valence-electron chi connectivity index (χ4n) is 2.44. The van der Waals surface area contributed by atoms with E-state index in [1.165, 1.54) is 19.4 Å². The third kappa shape index (κ3) is 3.07. The maximum atomic E-state index is 5.73. The first-order valence-electron chi connectivity index (χ1n) is 6.15. The van der Waals surface area contributed by atoms with Crippen molar-refractivity contribution in [3.63, 3.8) is 0 Å². The molecule has 0 amide bonds. The van der Waals surface area contributed by atoms with Crippen molar-refractivity contribution in [1.29, 1.82) is 0 Å². The molecule has 0 spiro atoms. The Balaban J connectivity index is 1.96. The van der Waals surface area contributed by atoms with E-state index < -0.39 is 0 Å². The van der Waals surface area contributed by atoms with Crippen LogP contribution in [0.5, 0.6) is 0 Å². The van der Waals surface area contributed by atoms with Crippen LogP contribution in [0.3, 0.4) is 0 Å². The van der Waals surface area contributed by atoms with Crippen molar-refractivity contribution >= 4 is 17.4 Å². The lowest BCUT2D eigenvalue weighted by molar-refractivity contribution is 0.270. The molecule has 0 aliphatic carbocycles. The molecule has 1 aromatic heterocycles. The lowest BCUT2D eigenvalue weighted by Gasteiger charge is -2.28. The Morgan fingerprint density at radius 1 is 1.47 bits per heavy atom. The third-order valence-corrected chi connectivity index (χ3v) is 3.60. The Kier molecular flexibility index (Phi) is 4.18. The first-order valence-corrected chi connectivity index (χ1v) is 6.53. The van der Waals surface area contributed by atoms with Crippen molar-refractivity contribution in [1.82, 2.24) is 15.1 Å². The second-order valence-electron chi connectivity index (χ2n) is 4.52. The molecule has 0 aromatic carbocycles. The molecule has 5 heteroatoms. The second-order valence-corrected chi connectivity index (χ2v) is 4.91. The number of aromatic nitrogens is 2. The molecule has 1 fully saturated rings. The van der Waals surface area contributed by atoms with Gasteiger partial charge in [0.05, 0.1) is 0 Å². The number of nitrogens with zero attached hydrogens (tertiary/aromatic N) is 4. The topological polar surface area (TPSA) is 32.3 Å². The molecule has 0 radical (unpaired) electrons. The summed E-state index contributed by atoms with van der Waals surface area (Å²) in [5, 5.41) is 8.41. The zero-order chi connectivity index (χ0) is 12.3. The molecule has 94 valence electrons. The molecule has 4 nitrogen and oxygen atoms in total. The smallest absolute Gasteiger partial charge is 0.151 e. The van der Waals surface area contributed by atoms with Crippen LogP contribution < -0.4 is 4.90 Å². The summed E-state index contributed by atoms with van der Waals surface area (Å²) in [5.41, 5.74) is 0. The summed E-state index contributed by atoms with van der Waals surface area (Å²) in [6, 6.07) is 4.34. The number of hydrogen-bond acceptors (Lipinski definition) is 4. The van der Waals surface area contributed by atoms with E-state index in [4.69, 9.17) is 11.6 Å². The summed E-state index contributed by atoms with van der Waals surface area (Å²) in [6.45, 7) is 5.58. The summed E-state index contributed by atoms with van der Waals surface area (Å²) in [7, 11) is 2.06. The van der Waals surface area contributed by atoms with Crippen molar-refractivity contribution < 1.29 is 0 Å². The molecule has 2 rings (SSSR count). The van der Waals surface area contributed by atoms with Crippen LogP contribution in [0.4, 0.5) is 5.82 Å². The minimum absolute atomic E-state index is 0.443. The first-order chi connectivity index (χ1) is 8.20. The largest absolute Gasteiger partial charge is 0.357 e. The van der Waals surface area contributed by atoms with Gasteiger partial charge in [0.2, 0.25) is 0 Å². The maximum absolute atomic E-state index is 5.73. The van der Waals surface area contributed by atoms with Crippen LogP contribution in [0.25, 0.3) is 0 Å². The van der Waals surface area contributed by atoms with E-state index >= 15 is 0 Å². The van der Waals surface area contributed by atoms with Gasteiger partial charge < -0.3 is 4.90 Å². The molecule has 1 aliphatic rings. The lowest BCUT2D eigenvalue weighted by Crippen LogP contribution is -2.39.